The molecule has 3 heterocycles. The first-order chi connectivity index (χ1) is 13.7. The van der Waals surface area contributed by atoms with Gasteiger partial charge in [0, 0.05) is 30.6 Å². The van der Waals surface area contributed by atoms with Crippen LogP contribution in [0.4, 0.5) is 0 Å². The Morgan fingerprint density at radius 3 is 3.04 bits per heavy atom. The number of H-pyrrole nitrogens is 2. The molecule has 8 nitrogen and oxygen atoms in total. The average Bonchev–Trinajstić information content (AvgIpc) is 3.23. The predicted octanol–water partition coefficient (Wildman–Crippen LogP) is 2.19. The first-order valence-electron chi connectivity index (χ1n) is 9.17. The SMILES string of the molecule is COc1cccc(-c2[nH]ncc2C(=O)N2CCC[C@H](c3cc(=O)[nH]cn3)C2)c1. The fourth-order valence-electron chi connectivity index (χ4n) is 3.63. The van der Waals surface area contributed by atoms with Gasteiger partial charge < -0.3 is 14.6 Å². The van der Waals surface area contributed by atoms with Gasteiger partial charge in [-0.3, -0.25) is 14.7 Å². The minimum Gasteiger partial charge on any atom is -0.497 e. The second-order valence-electron chi connectivity index (χ2n) is 6.82. The number of hydrogen-bond acceptors (Lipinski definition) is 5. The van der Waals surface area contributed by atoms with E-state index < -0.39 is 0 Å². The number of aromatic amines is 2. The van der Waals surface area contributed by atoms with Crippen molar-refractivity contribution in [1.82, 2.24) is 25.1 Å². The highest BCUT2D eigenvalue weighted by Crippen LogP contribution is 2.29. The Bertz CT molecular complexity index is 1040. The Hall–Kier alpha value is -3.42. The number of ether oxygens (including phenoxy) is 1. The minimum absolute atomic E-state index is 0.0483. The van der Waals surface area contributed by atoms with Crippen LogP contribution in [-0.4, -0.2) is 51.2 Å². The molecule has 28 heavy (non-hydrogen) atoms. The van der Waals surface area contributed by atoms with E-state index in [1.807, 2.05) is 29.2 Å². The maximum Gasteiger partial charge on any atom is 0.257 e. The molecule has 0 spiro atoms. The molecule has 0 radical (unpaired) electrons. The van der Waals surface area contributed by atoms with Gasteiger partial charge in [-0.15, -0.1) is 0 Å². The van der Waals surface area contributed by atoms with Crippen LogP contribution >= 0.6 is 0 Å². The molecule has 0 saturated carbocycles. The van der Waals surface area contributed by atoms with Gasteiger partial charge in [-0.25, -0.2) is 4.98 Å². The number of piperidine rings is 1. The van der Waals surface area contributed by atoms with Crippen molar-refractivity contribution in [3.05, 3.63) is 64.5 Å². The highest BCUT2D eigenvalue weighted by Gasteiger charge is 2.28. The van der Waals surface area contributed by atoms with E-state index in [0.717, 1.165) is 24.1 Å². The van der Waals surface area contributed by atoms with Gasteiger partial charge >= 0.3 is 0 Å². The molecule has 0 bridgehead atoms. The molecule has 1 saturated heterocycles. The van der Waals surface area contributed by atoms with Crippen LogP contribution < -0.4 is 10.3 Å². The third-order valence-electron chi connectivity index (χ3n) is 5.05. The lowest BCUT2D eigenvalue weighted by Crippen LogP contribution is -2.39. The Labute approximate surface area is 161 Å². The summed E-state index contributed by atoms with van der Waals surface area (Å²) in [6.07, 6.45) is 4.73. The third-order valence-corrected chi connectivity index (χ3v) is 5.05. The monoisotopic (exact) mass is 379 g/mol. The van der Waals surface area contributed by atoms with Crippen LogP contribution in [0.15, 0.2) is 47.7 Å². The van der Waals surface area contributed by atoms with Crippen molar-refractivity contribution < 1.29 is 9.53 Å². The number of carbonyl (C=O) groups excluding carboxylic acids is 1. The average molecular weight is 379 g/mol. The topological polar surface area (TPSA) is 104 Å². The summed E-state index contributed by atoms with van der Waals surface area (Å²) in [6.45, 7) is 1.19. The van der Waals surface area contributed by atoms with Gasteiger partial charge in [0.15, 0.2) is 0 Å². The van der Waals surface area contributed by atoms with Crippen LogP contribution in [0.1, 0.15) is 34.8 Å². The van der Waals surface area contributed by atoms with Crippen LogP contribution in [0.2, 0.25) is 0 Å². The van der Waals surface area contributed by atoms with Crippen LogP contribution in [0.5, 0.6) is 5.75 Å². The second-order valence-corrected chi connectivity index (χ2v) is 6.82. The van der Waals surface area contributed by atoms with Crippen molar-refractivity contribution in [2.45, 2.75) is 18.8 Å². The first-order valence-corrected chi connectivity index (χ1v) is 9.17. The second kappa shape index (κ2) is 7.67. The first kappa shape index (κ1) is 18.0. The van der Waals surface area contributed by atoms with Crippen LogP contribution in [0.3, 0.4) is 0 Å². The maximum absolute atomic E-state index is 13.2. The summed E-state index contributed by atoms with van der Waals surface area (Å²) in [5, 5.41) is 7.02. The summed E-state index contributed by atoms with van der Waals surface area (Å²) in [5.41, 5.74) is 2.57. The number of benzene rings is 1. The van der Waals surface area contributed by atoms with Gasteiger partial charge in [0.05, 0.1) is 36.6 Å². The van der Waals surface area contributed by atoms with Crippen molar-refractivity contribution in [3.63, 3.8) is 0 Å². The number of methoxy groups -OCH3 is 1. The smallest absolute Gasteiger partial charge is 0.257 e. The lowest BCUT2D eigenvalue weighted by molar-refractivity contribution is 0.0706. The zero-order valence-electron chi connectivity index (χ0n) is 15.5. The lowest BCUT2D eigenvalue weighted by atomic mass is 9.94. The maximum atomic E-state index is 13.2. The van der Waals surface area contributed by atoms with Crippen molar-refractivity contribution in [2.75, 3.05) is 20.2 Å². The van der Waals surface area contributed by atoms with Crippen LogP contribution in [0, 0.1) is 0 Å². The van der Waals surface area contributed by atoms with Crippen molar-refractivity contribution >= 4 is 5.91 Å². The molecule has 3 aromatic rings. The van der Waals surface area contributed by atoms with Crippen LogP contribution in [-0.2, 0) is 0 Å². The molecule has 2 N–H and O–H groups in total. The summed E-state index contributed by atoms with van der Waals surface area (Å²) < 4.78 is 5.28. The molecular formula is C20H21N5O3. The summed E-state index contributed by atoms with van der Waals surface area (Å²) in [5.74, 6) is 0.678. The molecule has 1 aromatic carbocycles. The van der Waals surface area contributed by atoms with Crippen molar-refractivity contribution in [3.8, 4) is 17.0 Å². The Balaban J connectivity index is 1.58. The number of nitrogens with zero attached hydrogens (tertiary/aromatic N) is 3. The van der Waals surface area contributed by atoms with E-state index in [2.05, 4.69) is 20.2 Å². The number of nitrogens with one attached hydrogen (secondary N) is 2. The zero-order valence-corrected chi connectivity index (χ0v) is 15.5. The van der Waals surface area contributed by atoms with Gasteiger partial charge in [-0.1, -0.05) is 12.1 Å². The van der Waals surface area contributed by atoms with E-state index in [1.165, 1.54) is 12.4 Å². The predicted molar refractivity (Wildman–Crippen MR) is 103 cm³/mol. The van der Waals surface area contributed by atoms with Gasteiger partial charge in [-0.2, -0.15) is 5.10 Å². The molecule has 1 aliphatic rings. The Morgan fingerprint density at radius 2 is 2.21 bits per heavy atom. The molecule has 0 aliphatic carbocycles. The summed E-state index contributed by atoms with van der Waals surface area (Å²) in [6, 6.07) is 9.01. The Morgan fingerprint density at radius 1 is 1.32 bits per heavy atom. The van der Waals surface area contributed by atoms with Crippen LogP contribution in [0.25, 0.3) is 11.3 Å². The summed E-state index contributed by atoms with van der Waals surface area (Å²) in [4.78, 5) is 33.4. The molecule has 1 atom stereocenters. The van der Waals surface area contributed by atoms with E-state index in [9.17, 15) is 9.59 Å². The molecular weight excluding hydrogens is 358 g/mol. The molecule has 0 unspecified atom stereocenters. The quantitative estimate of drug-likeness (QED) is 0.723. The van der Waals surface area contributed by atoms with Gasteiger partial charge in [0.25, 0.3) is 11.5 Å². The van der Waals surface area contributed by atoms with Gasteiger partial charge in [0.1, 0.15) is 5.75 Å². The molecule has 1 aliphatic heterocycles. The lowest BCUT2D eigenvalue weighted by Gasteiger charge is -2.32. The standard InChI is InChI=1S/C20H21N5O3/c1-28-15-6-2-4-13(8-15)19-16(10-23-24-19)20(27)25-7-3-5-14(11-25)17-9-18(26)22-12-21-17/h2,4,6,8-10,12,14H,3,5,7,11H2,1H3,(H,23,24)(H,21,22,26)/t14-/m0/s1. The fourth-order valence-corrected chi connectivity index (χ4v) is 3.63. The zero-order chi connectivity index (χ0) is 19.5. The molecule has 144 valence electrons. The van der Waals surface area contributed by atoms with E-state index >= 15 is 0 Å². The molecule has 8 heteroatoms. The number of rotatable bonds is 4. The number of hydrogen-bond donors (Lipinski definition) is 2. The number of amides is 1. The van der Waals surface area contributed by atoms with E-state index in [-0.39, 0.29) is 17.4 Å². The van der Waals surface area contributed by atoms with Gasteiger partial charge in [-0.05, 0) is 25.0 Å². The van der Waals surface area contributed by atoms with Crippen molar-refractivity contribution in [2.24, 2.45) is 0 Å². The summed E-state index contributed by atoms with van der Waals surface area (Å²) in [7, 11) is 1.61. The van der Waals surface area contributed by atoms with E-state index in [0.29, 0.717) is 30.1 Å². The normalized spacial score (nSPS) is 16.8. The van der Waals surface area contributed by atoms with Crippen molar-refractivity contribution in [1.29, 1.82) is 0 Å². The molecule has 1 amide bonds. The molecule has 4 rings (SSSR count). The van der Waals surface area contributed by atoms with Gasteiger partial charge in [0.2, 0.25) is 0 Å². The highest BCUT2D eigenvalue weighted by molar-refractivity contribution is 5.99. The van der Waals surface area contributed by atoms with E-state index in [4.69, 9.17) is 4.74 Å². The molecule has 1 fully saturated rings. The number of likely N-dealkylation sites (tertiary alicyclic amines) is 1. The molecule has 2 aromatic heterocycles. The Kier molecular flexibility index (Phi) is 4.92. The third kappa shape index (κ3) is 3.53. The minimum atomic E-state index is -0.177. The largest absolute Gasteiger partial charge is 0.497 e. The fraction of sp³-hybridized carbons (Fsp3) is 0.300. The number of carbonyl (C=O) groups is 1. The van der Waals surface area contributed by atoms with E-state index in [1.54, 1.807) is 13.3 Å². The summed E-state index contributed by atoms with van der Waals surface area (Å²) >= 11 is 0. The number of aromatic nitrogens is 4. The highest BCUT2D eigenvalue weighted by atomic mass is 16.5.